The number of nitrogens with zero attached hydrogens (tertiary/aromatic N) is 1. The number of carbonyl (C=O) groups excluding carboxylic acids is 2. The molecule has 1 aliphatic rings. The third-order valence-corrected chi connectivity index (χ3v) is 4.66. The van der Waals surface area contributed by atoms with E-state index in [1.165, 1.54) is 0 Å². The highest BCUT2D eigenvalue weighted by atomic mass is 16.5. The van der Waals surface area contributed by atoms with E-state index in [9.17, 15) is 9.59 Å². The highest BCUT2D eigenvalue weighted by Gasteiger charge is 2.24. The van der Waals surface area contributed by atoms with Crippen molar-refractivity contribution in [3.8, 4) is 11.5 Å². The van der Waals surface area contributed by atoms with Gasteiger partial charge in [-0.15, -0.1) is 0 Å². The van der Waals surface area contributed by atoms with Crippen molar-refractivity contribution >= 4 is 17.5 Å². The molecule has 1 aliphatic carbocycles. The smallest absolute Gasteiger partial charge is 0.313 e. The topological polar surface area (TPSA) is 96.1 Å². The second-order valence-electron chi connectivity index (χ2n) is 6.65. The van der Waals surface area contributed by atoms with Crippen LogP contribution in [0.5, 0.6) is 11.5 Å². The first-order chi connectivity index (χ1) is 13.7. The molecule has 0 bridgehead atoms. The molecule has 3 N–H and O–H groups in total. The summed E-state index contributed by atoms with van der Waals surface area (Å²) in [5.74, 6) is -0.268. The molecule has 28 heavy (non-hydrogen) atoms. The summed E-state index contributed by atoms with van der Waals surface area (Å²) >= 11 is 0. The number of aromatic amines is 1. The van der Waals surface area contributed by atoms with Gasteiger partial charge in [0.2, 0.25) is 0 Å². The molecule has 1 aromatic heterocycles. The molecule has 1 heterocycles. The zero-order valence-corrected chi connectivity index (χ0v) is 15.1. The summed E-state index contributed by atoms with van der Waals surface area (Å²) in [7, 11) is 0. The van der Waals surface area contributed by atoms with Crippen LogP contribution in [0.2, 0.25) is 0 Å². The van der Waals surface area contributed by atoms with Crippen molar-refractivity contribution in [1.82, 2.24) is 15.5 Å². The number of carbonyl (C=O) groups is 2. The Kier molecular flexibility index (Phi) is 5.05. The number of benzene rings is 2. The van der Waals surface area contributed by atoms with Gasteiger partial charge in [-0.25, -0.2) is 0 Å². The summed E-state index contributed by atoms with van der Waals surface area (Å²) in [6.45, 7) is 0. The Morgan fingerprint density at radius 3 is 2.68 bits per heavy atom. The Bertz CT molecular complexity index is 984. The number of hydrogen-bond acceptors (Lipinski definition) is 4. The van der Waals surface area contributed by atoms with Crippen molar-refractivity contribution in [3.63, 3.8) is 0 Å². The number of hydrogen-bond donors (Lipinski definition) is 3. The van der Waals surface area contributed by atoms with Gasteiger partial charge in [0.25, 0.3) is 0 Å². The van der Waals surface area contributed by atoms with E-state index in [0.717, 1.165) is 24.1 Å². The fraction of sp³-hybridized carbons (Fsp3) is 0.190. The number of ether oxygens (including phenoxy) is 1. The lowest BCUT2D eigenvalue weighted by Crippen LogP contribution is -2.44. The van der Waals surface area contributed by atoms with Crippen LogP contribution in [-0.4, -0.2) is 28.1 Å². The summed E-state index contributed by atoms with van der Waals surface area (Å²) in [6, 6.07) is 16.2. The van der Waals surface area contributed by atoms with E-state index in [1.54, 1.807) is 30.5 Å². The minimum Gasteiger partial charge on any atom is -0.455 e. The molecule has 2 aromatic carbocycles. The molecule has 3 aromatic rings. The normalized spacial score (nSPS) is 15.4. The summed E-state index contributed by atoms with van der Waals surface area (Å²) < 4.78 is 5.81. The van der Waals surface area contributed by atoms with Gasteiger partial charge >= 0.3 is 11.8 Å². The highest BCUT2D eigenvalue weighted by molar-refractivity contribution is 6.39. The standard InChI is InChI=1S/C21H20N4O3/c26-20(23-15-10-11-17-14(12-15)13-22-25-17)21(27)24-18-8-4-5-9-19(18)28-16-6-2-1-3-7-16/h1-9,13,15H,10-12H2,(H,22,25)(H,23,26)(H,24,27)/t15-/m1/s1. The van der Waals surface area contributed by atoms with Crippen LogP contribution >= 0.6 is 0 Å². The van der Waals surface area contributed by atoms with Gasteiger partial charge in [-0.05, 0) is 49.1 Å². The van der Waals surface area contributed by atoms with E-state index in [-0.39, 0.29) is 6.04 Å². The van der Waals surface area contributed by atoms with Crippen molar-refractivity contribution in [2.24, 2.45) is 0 Å². The molecule has 4 rings (SSSR count). The molecule has 7 nitrogen and oxygen atoms in total. The summed E-state index contributed by atoms with van der Waals surface area (Å²) in [5.41, 5.74) is 2.62. The third-order valence-electron chi connectivity index (χ3n) is 4.66. The Morgan fingerprint density at radius 2 is 1.82 bits per heavy atom. The first-order valence-corrected chi connectivity index (χ1v) is 9.14. The Balaban J connectivity index is 1.39. The largest absolute Gasteiger partial charge is 0.455 e. The van der Waals surface area contributed by atoms with Gasteiger partial charge in [-0.1, -0.05) is 30.3 Å². The molecule has 0 spiro atoms. The molecule has 7 heteroatoms. The van der Waals surface area contributed by atoms with Gasteiger partial charge < -0.3 is 15.4 Å². The summed E-state index contributed by atoms with van der Waals surface area (Å²) in [5, 5.41) is 12.4. The van der Waals surface area contributed by atoms with Crippen molar-refractivity contribution in [3.05, 3.63) is 72.1 Å². The van der Waals surface area contributed by atoms with Gasteiger partial charge in [0.05, 0.1) is 11.9 Å². The van der Waals surface area contributed by atoms with Gasteiger partial charge in [0, 0.05) is 11.7 Å². The van der Waals surface area contributed by atoms with Crippen LogP contribution in [0.4, 0.5) is 5.69 Å². The van der Waals surface area contributed by atoms with Gasteiger partial charge in [-0.3, -0.25) is 14.7 Å². The van der Waals surface area contributed by atoms with E-state index < -0.39 is 11.8 Å². The zero-order chi connectivity index (χ0) is 19.3. The number of anilines is 1. The first kappa shape index (κ1) is 17.8. The number of para-hydroxylation sites is 3. The molecule has 1 atom stereocenters. The molecule has 0 fully saturated rings. The number of rotatable bonds is 4. The number of H-pyrrole nitrogens is 1. The van der Waals surface area contributed by atoms with E-state index in [0.29, 0.717) is 23.6 Å². The zero-order valence-electron chi connectivity index (χ0n) is 15.1. The van der Waals surface area contributed by atoms with Crippen LogP contribution in [0.1, 0.15) is 17.7 Å². The summed E-state index contributed by atoms with van der Waals surface area (Å²) in [6.07, 6.45) is 4.00. The maximum Gasteiger partial charge on any atom is 0.313 e. The quantitative estimate of drug-likeness (QED) is 0.610. The van der Waals surface area contributed by atoms with E-state index in [4.69, 9.17) is 4.74 Å². The van der Waals surface area contributed by atoms with Gasteiger partial charge in [0.15, 0.2) is 5.75 Å². The number of nitrogens with one attached hydrogen (secondary N) is 3. The third kappa shape index (κ3) is 4.03. The second-order valence-corrected chi connectivity index (χ2v) is 6.65. The maximum absolute atomic E-state index is 12.4. The number of aryl methyl sites for hydroxylation is 1. The molecule has 2 amide bonds. The van der Waals surface area contributed by atoms with Crippen molar-refractivity contribution in [1.29, 1.82) is 0 Å². The second kappa shape index (κ2) is 7.96. The average Bonchev–Trinajstić information content (AvgIpc) is 3.18. The minimum absolute atomic E-state index is 0.0841. The number of aromatic nitrogens is 2. The van der Waals surface area contributed by atoms with Crippen LogP contribution in [0.3, 0.4) is 0 Å². The lowest BCUT2D eigenvalue weighted by atomic mass is 9.93. The Morgan fingerprint density at radius 1 is 1.04 bits per heavy atom. The predicted octanol–water partition coefficient (Wildman–Crippen LogP) is 2.81. The van der Waals surface area contributed by atoms with E-state index >= 15 is 0 Å². The van der Waals surface area contributed by atoms with Crippen LogP contribution in [0.25, 0.3) is 0 Å². The molecular formula is C21H20N4O3. The number of amides is 2. The molecular weight excluding hydrogens is 356 g/mol. The predicted molar refractivity (Wildman–Crippen MR) is 104 cm³/mol. The van der Waals surface area contributed by atoms with E-state index in [1.807, 2.05) is 30.3 Å². The minimum atomic E-state index is -0.720. The summed E-state index contributed by atoms with van der Waals surface area (Å²) in [4.78, 5) is 24.7. The Hall–Kier alpha value is -3.61. The maximum atomic E-state index is 12.4. The van der Waals surface area contributed by atoms with Crippen molar-refractivity contribution < 1.29 is 14.3 Å². The van der Waals surface area contributed by atoms with Gasteiger partial charge in [0.1, 0.15) is 5.75 Å². The SMILES string of the molecule is O=C(Nc1ccccc1Oc1ccccc1)C(=O)N[C@@H]1CCc2[nH]ncc2C1. The van der Waals surface area contributed by atoms with E-state index in [2.05, 4.69) is 20.8 Å². The molecule has 142 valence electrons. The molecule has 0 saturated heterocycles. The molecule has 0 aliphatic heterocycles. The van der Waals surface area contributed by atoms with Gasteiger partial charge in [-0.2, -0.15) is 5.10 Å². The lowest BCUT2D eigenvalue weighted by Gasteiger charge is -2.22. The van der Waals surface area contributed by atoms with Crippen molar-refractivity contribution in [2.75, 3.05) is 5.32 Å². The van der Waals surface area contributed by atoms with Crippen LogP contribution in [0, 0.1) is 0 Å². The average molecular weight is 376 g/mol. The highest BCUT2D eigenvalue weighted by Crippen LogP contribution is 2.29. The fourth-order valence-electron chi connectivity index (χ4n) is 3.24. The van der Waals surface area contributed by atoms with Crippen molar-refractivity contribution in [2.45, 2.75) is 25.3 Å². The molecule has 0 saturated carbocycles. The number of fused-ring (bicyclic) bond motifs is 1. The van der Waals surface area contributed by atoms with Crippen LogP contribution in [-0.2, 0) is 22.4 Å². The molecule has 0 radical (unpaired) electrons. The monoisotopic (exact) mass is 376 g/mol. The Labute approximate surface area is 162 Å². The first-order valence-electron chi connectivity index (χ1n) is 9.14. The van der Waals surface area contributed by atoms with Crippen LogP contribution < -0.4 is 15.4 Å². The molecule has 0 unspecified atom stereocenters. The van der Waals surface area contributed by atoms with Crippen LogP contribution in [0.15, 0.2) is 60.8 Å². The fourth-order valence-corrected chi connectivity index (χ4v) is 3.24. The lowest BCUT2D eigenvalue weighted by molar-refractivity contribution is -0.136.